The van der Waals surface area contributed by atoms with Gasteiger partial charge in [-0.1, -0.05) is 5.92 Å². The third kappa shape index (κ3) is 1.99. The van der Waals surface area contributed by atoms with Crippen LogP contribution in [0.5, 0.6) is 0 Å². The summed E-state index contributed by atoms with van der Waals surface area (Å²) in [4.78, 5) is 26.6. The van der Waals surface area contributed by atoms with E-state index in [1.54, 1.807) is 16.9 Å². The first-order chi connectivity index (χ1) is 11.2. The molecule has 0 bridgehead atoms. The number of amides is 2. The Hall–Kier alpha value is -2.87. The predicted molar refractivity (Wildman–Crippen MR) is 86.6 cm³/mol. The van der Waals surface area contributed by atoms with Crippen LogP contribution in [0.3, 0.4) is 0 Å². The summed E-state index contributed by atoms with van der Waals surface area (Å²) in [6.45, 7) is 0.351. The van der Waals surface area contributed by atoms with Crippen LogP contribution in [0.15, 0.2) is 35.5 Å². The van der Waals surface area contributed by atoms with Gasteiger partial charge in [0.15, 0.2) is 0 Å². The third-order valence-electron chi connectivity index (χ3n) is 4.52. The highest BCUT2D eigenvalue weighted by molar-refractivity contribution is 6.33. The van der Waals surface area contributed by atoms with Gasteiger partial charge in [0, 0.05) is 16.5 Å². The van der Waals surface area contributed by atoms with Crippen molar-refractivity contribution in [1.82, 2.24) is 9.78 Å². The number of imide groups is 1. The fourth-order valence-corrected chi connectivity index (χ4v) is 3.38. The Morgan fingerprint density at radius 3 is 2.48 bits per heavy atom. The first-order valence-corrected chi connectivity index (χ1v) is 7.70. The second-order valence-electron chi connectivity index (χ2n) is 5.86. The third-order valence-corrected chi connectivity index (χ3v) is 4.52. The minimum atomic E-state index is -0.174. The molecular formula is C18H15N3O2. The maximum Gasteiger partial charge on any atom is 0.261 e. The van der Waals surface area contributed by atoms with E-state index in [-0.39, 0.29) is 11.8 Å². The average Bonchev–Trinajstić information content (AvgIpc) is 3.08. The van der Waals surface area contributed by atoms with Crippen LogP contribution >= 0.6 is 0 Å². The van der Waals surface area contributed by atoms with Crippen molar-refractivity contribution in [2.45, 2.75) is 32.2 Å². The second-order valence-corrected chi connectivity index (χ2v) is 5.86. The SMILES string of the molecule is C#CCn1ncc2ccc(N3C(=O)C4=C(CCCC4)C3=O)cc21. The van der Waals surface area contributed by atoms with Crippen molar-refractivity contribution in [3.63, 3.8) is 0 Å². The molecule has 1 aromatic carbocycles. The number of hydrogen-bond acceptors (Lipinski definition) is 3. The number of hydrogen-bond donors (Lipinski definition) is 0. The van der Waals surface area contributed by atoms with Gasteiger partial charge in [0.05, 0.1) is 17.4 Å². The Kier molecular flexibility index (Phi) is 3.05. The largest absolute Gasteiger partial charge is 0.269 e. The molecule has 5 heteroatoms. The summed E-state index contributed by atoms with van der Waals surface area (Å²) >= 11 is 0. The van der Waals surface area contributed by atoms with Crippen LogP contribution in [0.2, 0.25) is 0 Å². The molecule has 4 rings (SSSR count). The molecule has 0 fully saturated rings. The quantitative estimate of drug-likeness (QED) is 0.632. The lowest BCUT2D eigenvalue weighted by Crippen LogP contribution is -2.31. The van der Waals surface area contributed by atoms with Gasteiger partial charge in [-0.15, -0.1) is 6.42 Å². The van der Waals surface area contributed by atoms with Gasteiger partial charge < -0.3 is 0 Å². The van der Waals surface area contributed by atoms with Gasteiger partial charge in [-0.05, 0) is 43.9 Å². The van der Waals surface area contributed by atoms with Crippen molar-refractivity contribution in [3.05, 3.63) is 35.5 Å². The molecule has 23 heavy (non-hydrogen) atoms. The number of fused-ring (bicyclic) bond motifs is 1. The molecule has 2 amide bonds. The number of terminal acetylenes is 1. The number of anilines is 1. The normalized spacial score (nSPS) is 17.8. The molecular weight excluding hydrogens is 290 g/mol. The summed E-state index contributed by atoms with van der Waals surface area (Å²) in [5.74, 6) is 2.21. The number of benzene rings is 1. The highest BCUT2D eigenvalue weighted by atomic mass is 16.2. The van der Waals surface area contributed by atoms with Gasteiger partial charge >= 0.3 is 0 Å². The van der Waals surface area contributed by atoms with Gasteiger partial charge in [-0.25, -0.2) is 4.90 Å². The summed E-state index contributed by atoms with van der Waals surface area (Å²) in [6, 6.07) is 5.47. The Morgan fingerprint density at radius 2 is 1.83 bits per heavy atom. The summed E-state index contributed by atoms with van der Waals surface area (Å²) in [5.41, 5.74) is 2.79. The minimum Gasteiger partial charge on any atom is -0.269 e. The van der Waals surface area contributed by atoms with Gasteiger partial charge in [-0.3, -0.25) is 14.3 Å². The van der Waals surface area contributed by atoms with Crippen LogP contribution < -0.4 is 4.90 Å². The molecule has 1 aliphatic carbocycles. The standard InChI is InChI=1S/C18H15N3O2/c1-2-9-20-16-10-13(8-7-12(16)11-19-20)21-17(22)14-5-3-4-6-15(14)18(21)23/h1,7-8,10-11H,3-6,9H2. The fraction of sp³-hybridized carbons (Fsp3) is 0.278. The zero-order valence-corrected chi connectivity index (χ0v) is 12.6. The second kappa shape index (κ2) is 5.10. The lowest BCUT2D eigenvalue weighted by Gasteiger charge is -2.15. The van der Waals surface area contributed by atoms with Crippen molar-refractivity contribution < 1.29 is 9.59 Å². The molecule has 2 heterocycles. The highest BCUT2D eigenvalue weighted by Crippen LogP contribution is 2.36. The van der Waals surface area contributed by atoms with E-state index in [4.69, 9.17) is 6.42 Å². The van der Waals surface area contributed by atoms with Gasteiger partial charge in [0.1, 0.15) is 6.54 Å². The molecule has 114 valence electrons. The van der Waals surface area contributed by atoms with Crippen molar-refractivity contribution in [1.29, 1.82) is 0 Å². The Bertz CT molecular complexity index is 886. The number of aromatic nitrogens is 2. The van der Waals surface area contributed by atoms with Crippen LogP contribution in [0.1, 0.15) is 25.7 Å². The van der Waals surface area contributed by atoms with E-state index in [2.05, 4.69) is 11.0 Å². The monoisotopic (exact) mass is 305 g/mol. The molecule has 0 radical (unpaired) electrons. The van der Waals surface area contributed by atoms with Crippen LogP contribution in [0.25, 0.3) is 10.9 Å². The van der Waals surface area contributed by atoms with Crippen LogP contribution in [0, 0.1) is 12.3 Å². The molecule has 0 N–H and O–H groups in total. The summed E-state index contributed by atoms with van der Waals surface area (Å²) in [5, 5.41) is 5.17. The average molecular weight is 305 g/mol. The van der Waals surface area contributed by atoms with E-state index >= 15 is 0 Å². The molecule has 0 saturated carbocycles. The fourth-order valence-electron chi connectivity index (χ4n) is 3.38. The Morgan fingerprint density at radius 1 is 1.13 bits per heavy atom. The number of carbonyl (C=O) groups is 2. The van der Waals surface area contributed by atoms with Crippen molar-refractivity contribution >= 4 is 28.4 Å². The smallest absolute Gasteiger partial charge is 0.261 e. The molecule has 0 unspecified atom stereocenters. The zero-order valence-electron chi connectivity index (χ0n) is 12.6. The maximum absolute atomic E-state index is 12.6. The molecule has 0 saturated heterocycles. The predicted octanol–water partition coefficient (Wildman–Crippen LogP) is 2.41. The lowest BCUT2D eigenvalue weighted by atomic mass is 9.93. The van der Waals surface area contributed by atoms with Gasteiger partial charge in [-0.2, -0.15) is 5.10 Å². The highest BCUT2D eigenvalue weighted by Gasteiger charge is 2.39. The van der Waals surface area contributed by atoms with Crippen LogP contribution in [0.4, 0.5) is 5.69 Å². The van der Waals surface area contributed by atoms with Gasteiger partial charge in [0.2, 0.25) is 0 Å². The van der Waals surface area contributed by atoms with Crippen LogP contribution in [-0.4, -0.2) is 21.6 Å². The van der Waals surface area contributed by atoms with E-state index in [0.717, 1.165) is 23.7 Å². The first kappa shape index (κ1) is 13.8. The van der Waals surface area contributed by atoms with Crippen molar-refractivity contribution in [2.24, 2.45) is 0 Å². The number of nitrogens with zero attached hydrogens (tertiary/aromatic N) is 3. The Labute approximate surface area is 133 Å². The topological polar surface area (TPSA) is 55.2 Å². The summed E-state index contributed by atoms with van der Waals surface area (Å²) < 4.78 is 1.69. The lowest BCUT2D eigenvalue weighted by molar-refractivity contribution is -0.120. The number of carbonyl (C=O) groups excluding carboxylic acids is 2. The summed E-state index contributed by atoms with van der Waals surface area (Å²) in [7, 11) is 0. The molecule has 2 aromatic rings. The molecule has 1 aromatic heterocycles. The van der Waals surface area contributed by atoms with Crippen molar-refractivity contribution in [2.75, 3.05) is 4.90 Å². The van der Waals surface area contributed by atoms with E-state index in [0.29, 0.717) is 36.2 Å². The molecule has 1 aliphatic heterocycles. The molecule has 0 spiro atoms. The molecule has 0 atom stereocenters. The van der Waals surface area contributed by atoms with E-state index in [9.17, 15) is 9.59 Å². The van der Waals surface area contributed by atoms with Crippen LogP contribution in [-0.2, 0) is 16.1 Å². The van der Waals surface area contributed by atoms with E-state index in [1.165, 1.54) is 4.90 Å². The molecule has 2 aliphatic rings. The Balaban J connectivity index is 1.78. The zero-order chi connectivity index (χ0) is 16.0. The van der Waals surface area contributed by atoms with E-state index < -0.39 is 0 Å². The maximum atomic E-state index is 12.6. The van der Waals surface area contributed by atoms with Crippen molar-refractivity contribution in [3.8, 4) is 12.3 Å². The molecule has 5 nitrogen and oxygen atoms in total. The van der Waals surface area contributed by atoms with E-state index in [1.807, 2.05) is 12.1 Å². The summed E-state index contributed by atoms with van der Waals surface area (Å²) in [6.07, 6.45) is 10.4. The minimum absolute atomic E-state index is 0.174. The number of rotatable bonds is 2. The van der Waals surface area contributed by atoms with Gasteiger partial charge in [0.25, 0.3) is 11.8 Å². The first-order valence-electron chi connectivity index (χ1n) is 7.70.